The van der Waals surface area contributed by atoms with Gasteiger partial charge < -0.3 is 9.15 Å². The molecule has 1 amide bonds. The van der Waals surface area contributed by atoms with Crippen LogP contribution in [0.2, 0.25) is 5.02 Å². The number of carbonyl (C=O) groups is 1. The Balaban J connectivity index is 2.00. The lowest BCUT2D eigenvalue weighted by atomic mass is 10.2. The predicted octanol–water partition coefficient (Wildman–Crippen LogP) is 3.68. The summed E-state index contributed by atoms with van der Waals surface area (Å²) < 4.78 is 10.2. The number of nitrogens with one attached hydrogen (secondary N) is 1. The maximum absolute atomic E-state index is 11.0. The van der Waals surface area contributed by atoms with E-state index >= 15 is 0 Å². The Hall–Kier alpha value is -2.27. The normalized spacial score (nSPS) is 10.7. The van der Waals surface area contributed by atoms with Crippen molar-refractivity contribution in [2.75, 3.05) is 6.61 Å². The van der Waals surface area contributed by atoms with Crippen molar-refractivity contribution in [3.8, 4) is 11.3 Å². The third-order valence-corrected chi connectivity index (χ3v) is 2.63. The smallest absolute Gasteiger partial charge is 0.427 e. The van der Waals surface area contributed by atoms with Gasteiger partial charge in [0.25, 0.3) is 0 Å². The lowest BCUT2D eigenvalue weighted by Crippen LogP contribution is -2.18. The SMILES string of the molecule is CCOC(=O)N/N=C\c1ccc(-c2ccc(Cl)cc2)o1. The standard InChI is InChI=1S/C14H13ClN2O3/c1-2-19-14(18)17-16-9-12-7-8-13(20-12)10-3-5-11(15)6-4-10/h3-9H,2H2,1H3,(H,17,18)/b16-9-. The van der Waals surface area contributed by atoms with Gasteiger partial charge in [-0.25, -0.2) is 10.2 Å². The molecule has 0 aliphatic heterocycles. The van der Waals surface area contributed by atoms with E-state index < -0.39 is 6.09 Å². The van der Waals surface area contributed by atoms with Crippen molar-refractivity contribution in [1.82, 2.24) is 5.43 Å². The molecule has 0 unspecified atom stereocenters. The van der Waals surface area contributed by atoms with Crippen molar-refractivity contribution < 1.29 is 13.9 Å². The van der Waals surface area contributed by atoms with Gasteiger partial charge in [-0.15, -0.1) is 0 Å². The summed E-state index contributed by atoms with van der Waals surface area (Å²) in [5, 5.41) is 4.38. The molecule has 1 heterocycles. The predicted molar refractivity (Wildman–Crippen MR) is 76.9 cm³/mol. The zero-order valence-electron chi connectivity index (χ0n) is 10.8. The van der Waals surface area contributed by atoms with Crippen molar-refractivity contribution >= 4 is 23.9 Å². The minimum atomic E-state index is -0.603. The maximum Gasteiger partial charge on any atom is 0.427 e. The Morgan fingerprint density at radius 1 is 1.35 bits per heavy atom. The Bertz CT molecular complexity index is 605. The Kier molecular flexibility index (Phi) is 4.79. The number of hydrogen-bond donors (Lipinski definition) is 1. The van der Waals surface area contributed by atoms with E-state index in [-0.39, 0.29) is 0 Å². The molecule has 0 saturated carbocycles. The zero-order chi connectivity index (χ0) is 14.4. The van der Waals surface area contributed by atoms with Crippen molar-refractivity contribution in [2.45, 2.75) is 6.92 Å². The third kappa shape index (κ3) is 3.86. The summed E-state index contributed by atoms with van der Waals surface area (Å²) in [6, 6.07) is 10.9. The number of benzene rings is 1. The molecule has 6 heteroatoms. The van der Waals surface area contributed by atoms with Crippen LogP contribution in [0.4, 0.5) is 4.79 Å². The molecular weight excluding hydrogens is 280 g/mol. The quantitative estimate of drug-likeness (QED) is 0.690. The summed E-state index contributed by atoms with van der Waals surface area (Å²) >= 11 is 5.82. The molecule has 0 atom stereocenters. The van der Waals surface area contributed by atoms with Crippen LogP contribution in [0.5, 0.6) is 0 Å². The molecule has 2 rings (SSSR count). The summed E-state index contributed by atoms with van der Waals surface area (Å²) in [4.78, 5) is 11.0. The topological polar surface area (TPSA) is 63.8 Å². The van der Waals surface area contributed by atoms with Crippen molar-refractivity contribution in [1.29, 1.82) is 0 Å². The highest BCUT2D eigenvalue weighted by Gasteiger charge is 2.03. The molecular formula is C14H13ClN2O3. The molecule has 2 aromatic rings. The van der Waals surface area contributed by atoms with Crippen LogP contribution in [0.1, 0.15) is 12.7 Å². The summed E-state index contributed by atoms with van der Waals surface area (Å²) in [6.07, 6.45) is 0.796. The van der Waals surface area contributed by atoms with Crippen molar-refractivity contribution in [2.24, 2.45) is 5.10 Å². The molecule has 0 saturated heterocycles. The first-order valence-electron chi connectivity index (χ1n) is 6.00. The zero-order valence-corrected chi connectivity index (χ0v) is 11.6. The van der Waals surface area contributed by atoms with Crippen LogP contribution < -0.4 is 5.43 Å². The second-order valence-corrected chi connectivity index (χ2v) is 4.24. The highest BCUT2D eigenvalue weighted by molar-refractivity contribution is 6.30. The van der Waals surface area contributed by atoms with E-state index in [4.69, 9.17) is 16.0 Å². The second-order valence-electron chi connectivity index (χ2n) is 3.80. The summed E-state index contributed by atoms with van der Waals surface area (Å²) in [6.45, 7) is 2.01. The van der Waals surface area contributed by atoms with Gasteiger partial charge in [-0.1, -0.05) is 11.6 Å². The van der Waals surface area contributed by atoms with Gasteiger partial charge in [0.2, 0.25) is 0 Å². The molecule has 0 aliphatic carbocycles. The molecule has 1 N–H and O–H groups in total. The van der Waals surface area contributed by atoms with Crippen molar-refractivity contribution in [3.05, 3.63) is 47.2 Å². The molecule has 0 bridgehead atoms. The summed E-state index contributed by atoms with van der Waals surface area (Å²) in [5.41, 5.74) is 3.13. The number of amides is 1. The van der Waals surface area contributed by atoms with Gasteiger partial charge in [-0.2, -0.15) is 5.10 Å². The molecule has 20 heavy (non-hydrogen) atoms. The molecule has 104 valence electrons. The molecule has 0 fully saturated rings. The van der Waals surface area contributed by atoms with E-state index in [9.17, 15) is 4.79 Å². The number of rotatable bonds is 4. The van der Waals surface area contributed by atoms with E-state index in [1.54, 1.807) is 25.1 Å². The van der Waals surface area contributed by atoms with Crippen LogP contribution in [0.15, 0.2) is 45.9 Å². The molecule has 1 aromatic heterocycles. The fourth-order valence-corrected chi connectivity index (χ4v) is 1.63. The molecule has 1 aromatic carbocycles. The molecule has 0 radical (unpaired) electrons. The molecule has 5 nitrogen and oxygen atoms in total. The number of ether oxygens (including phenoxy) is 1. The van der Waals surface area contributed by atoms with E-state index in [1.807, 2.05) is 18.2 Å². The monoisotopic (exact) mass is 292 g/mol. The third-order valence-electron chi connectivity index (χ3n) is 2.38. The molecule has 0 aliphatic rings. The Morgan fingerprint density at radius 3 is 2.80 bits per heavy atom. The fraction of sp³-hybridized carbons (Fsp3) is 0.143. The van der Waals surface area contributed by atoms with Crippen LogP contribution in [0.3, 0.4) is 0 Å². The van der Waals surface area contributed by atoms with E-state index in [2.05, 4.69) is 15.3 Å². The van der Waals surface area contributed by atoms with Gasteiger partial charge in [0.05, 0.1) is 12.8 Å². The molecule has 0 spiro atoms. The Morgan fingerprint density at radius 2 is 2.10 bits per heavy atom. The van der Waals surface area contributed by atoms with Gasteiger partial charge in [-0.05, 0) is 43.3 Å². The summed E-state index contributed by atoms with van der Waals surface area (Å²) in [5.74, 6) is 1.21. The lowest BCUT2D eigenvalue weighted by Gasteiger charge is -1.98. The van der Waals surface area contributed by atoms with Crippen LogP contribution >= 0.6 is 11.6 Å². The van der Waals surface area contributed by atoms with Gasteiger partial charge in [0, 0.05) is 10.6 Å². The van der Waals surface area contributed by atoms with Crippen LogP contribution in [-0.2, 0) is 4.74 Å². The van der Waals surface area contributed by atoms with Gasteiger partial charge in [0.1, 0.15) is 11.5 Å². The lowest BCUT2D eigenvalue weighted by molar-refractivity contribution is 0.152. The van der Waals surface area contributed by atoms with Crippen LogP contribution in [-0.4, -0.2) is 18.9 Å². The number of hydrazone groups is 1. The van der Waals surface area contributed by atoms with Crippen molar-refractivity contribution in [3.63, 3.8) is 0 Å². The highest BCUT2D eigenvalue weighted by Crippen LogP contribution is 2.23. The second kappa shape index (κ2) is 6.77. The van der Waals surface area contributed by atoms with Crippen LogP contribution in [0, 0.1) is 0 Å². The number of nitrogens with zero attached hydrogens (tertiary/aromatic N) is 1. The van der Waals surface area contributed by atoms with Crippen LogP contribution in [0.25, 0.3) is 11.3 Å². The minimum absolute atomic E-state index is 0.294. The minimum Gasteiger partial charge on any atom is -0.455 e. The van der Waals surface area contributed by atoms with Gasteiger partial charge in [0.15, 0.2) is 0 Å². The number of furan rings is 1. The average Bonchev–Trinajstić information content (AvgIpc) is 2.89. The van der Waals surface area contributed by atoms with E-state index in [1.165, 1.54) is 6.21 Å². The maximum atomic E-state index is 11.0. The largest absolute Gasteiger partial charge is 0.455 e. The number of carbonyl (C=O) groups excluding carboxylic acids is 1. The first-order chi connectivity index (χ1) is 9.69. The average molecular weight is 293 g/mol. The van der Waals surface area contributed by atoms with Gasteiger partial charge >= 0.3 is 6.09 Å². The van der Waals surface area contributed by atoms with E-state index in [0.717, 1.165) is 5.56 Å². The summed E-state index contributed by atoms with van der Waals surface area (Å²) in [7, 11) is 0. The fourth-order valence-electron chi connectivity index (χ4n) is 1.50. The first kappa shape index (κ1) is 14.1. The Labute approximate surface area is 121 Å². The van der Waals surface area contributed by atoms with Gasteiger partial charge in [-0.3, -0.25) is 0 Å². The number of halogens is 1. The number of hydrogen-bond acceptors (Lipinski definition) is 4. The highest BCUT2D eigenvalue weighted by atomic mass is 35.5. The first-order valence-corrected chi connectivity index (χ1v) is 6.38. The van der Waals surface area contributed by atoms with E-state index in [0.29, 0.717) is 23.2 Å².